The van der Waals surface area contributed by atoms with E-state index in [2.05, 4.69) is 0 Å². The number of ketones is 1. The average Bonchev–Trinajstić information content (AvgIpc) is 2.61. The Bertz CT molecular complexity index is 793. The zero-order valence-electron chi connectivity index (χ0n) is 13.0. The molecule has 0 unspecified atom stereocenters. The summed E-state index contributed by atoms with van der Waals surface area (Å²) in [6.07, 6.45) is 0. The van der Waals surface area contributed by atoms with Gasteiger partial charge in [0, 0.05) is 0 Å². The van der Waals surface area contributed by atoms with Crippen LogP contribution in [0, 0.1) is 0 Å². The van der Waals surface area contributed by atoms with E-state index in [1.807, 2.05) is 78.9 Å². The SMILES string of the molecule is CC(=O)c1cc(-c2ccccc2)ccc1OCc1ccccc1. The summed E-state index contributed by atoms with van der Waals surface area (Å²) in [7, 11) is 0. The summed E-state index contributed by atoms with van der Waals surface area (Å²) >= 11 is 0. The van der Waals surface area contributed by atoms with E-state index in [1.54, 1.807) is 6.92 Å². The van der Waals surface area contributed by atoms with Crippen LogP contribution in [-0.2, 0) is 6.61 Å². The molecule has 2 heteroatoms. The molecule has 3 aromatic carbocycles. The largest absolute Gasteiger partial charge is 0.488 e. The molecule has 0 saturated heterocycles. The summed E-state index contributed by atoms with van der Waals surface area (Å²) in [6, 6.07) is 25.7. The van der Waals surface area contributed by atoms with Gasteiger partial charge in [-0.15, -0.1) is 0 Å². The summed E-state index contributed by atoms with van der Waals surface area (Å²) in [5.41, 5.74) is 3.80. The van der Waals surface area contributed by atoms with E-state index < -0.39 is 0 Å². The van der Waals surface area contributed by atoms with Crippen LogP contribution in [0.5, 0.6) is 5.75 Å². The number of rotatable bonds is 5. The van der Waals surface area contributed by atoms with Crippen molar-refractivity contribution in [1.29, 1.82) is 0 Å². The molecule has 0 radical (unpaired) electrons. The molecule has 3 aromatic rings. The minimum Gasteiger partial charge on any atom is -0.488 e. The van der Waals surface area contributed by atoms with Crippen molar-refractivity contribution < 1.29 is 9.53 Å². The van der Waals surface area contributed by atoms with Crippen LogP contribution in [0.2, 0.25) is 0 Å². The number of hydrogen-bond donors (Lipinski definition) is 0. The lowest BCUT2D eigenvalue weighted by molar-refractivity contribution is 0.101. The smallest absolute Gasteiger partial charge is 0.163 e. The summed E-state index contributed by atoms with van der Waals surface area (Å²) in [6.45, 7) is 2.02. The zero-order valence-corrected chi connectivity index (χ0v) is 13.0. The highest BCUT2D eigenvalue weighted by atomic mass is 16.5. The van der Waals surface area contributed by atoms with Gasteiger partial charge in [0.05, 0.1) is 5.56 Å². The molecule has 0 fully saturated rings. The van der Waals surface area contributed by atoms with Crippen LogP contribution in [0.1, 0.15) is 22.8 Å². The van der Waals surface area contributed by atoms with Crippen molar-refractivity contribution >= 4 is 5.78 Å². The second kappa shape index (κ2) is 6.93. The van der Waals surface area contributed by atoms with Gasteiger partial charge in [0.1, 0.15) is 12.4 Å². The van der Waals surface area contributed by atoms with Gasteiger partial charge < -0.3 is 4.74 Å². The van der Waals surface area contributed by atoms with E-state index in [0.717, 1.165) is 16.7 Å². The van der Waals surface area contributed by atoms with Gasteiger partial charge in [-0.3, -0.25) is 4.79 Å². The minimum absolute atomic E-state index is 0.00541. The van der Waals surface area contributed by atoms with Crippen molar-refractivity contribution in [2.24, 2.45) is 0 Å². The molecule has 0 N–H and O–H groups in total. The maximum absolute atomic E-state index is 12.0. The minimum atomic E-state index is 0.00541. The molecular formula is C21H18O2. The molecule has 114 valence electrons. The molecule has 0 aliphatic rings. The van der Waals surface area contributed by atoms with Crippen LogP contribution in [-0.4, -0.2) is 5.78 Å². The molecule has 0 aromatic heterocycles. The van der Waals surface area contributed by atoms with Crippen LogP contribution < -0.4 is 4.74 Å². The molecule has 0 atom stereocenters. The first-order valence-electron chi connectivity index (χ1n) is 7.61. The second-order valence-electron chi connectivity index (χ2n) is 5.41. The molecule has 0 heterocycles. The van der Waals surface area contributed by atoms with E-state index in [1.165, 1.54) is 0 Å². The second-order valence-corrected chi connectivity index (χ2v) is 5.41. The number of benzene rings is 3. The van der Waals surface area contributed by atoms with Gasteiger partial charge in [0.25, 0.3) is 0 Å². The molecule has 2 nitrogen and oxygen atoms in total. The zero-order chi connectivity index (χ0) is 16.1. The number of Topliss-reactive ketones (excluding diaryl/α,β-unsaturated/α-hetero) is 1. The molecule has 0 saturated carbocycles. The summed E-state index contributed by atoms with van der Waals surface area (Å²) in [4.78, 5) is 12.0. The highest BCUT2D eigenvalue weighted by molar-refractivity contribution is 5.98. The van der Waals surface area contributed by atoms with Crippen molar-refractivity contribution in [2.45, 2.75) is 13.5 Å². The third-order valence-electron chi connectivity index (χ3n) is 3.70. The van der Waals surface area contributed by atoms with Gasteiger partial charge >= 0.3 is 0 Å². The predicted octanol–water partition coefficient (Wildman–Crippen LogP) is 5.14. The first-order chi connectivity index (χ1) is 11.2. The maximum Gasteiger partial charge on any atom is 0.163 e. The topological polar surface area (TPSA) is 26.3 Å². The third kappa shape index (κ3) is 3.67. The monoisotopic (exact) mass is 302 g/mol. The predicted molar refractivity (Wildman–Crippen MR) is 92.7 cm³/mol. The molecule has 3 rings (SSSR count). The molecular weight excluding hydrogens is 284 g/mol. The Morgan fingerprint density at radius 2 is 1.48 bits per heavy atom. The van der Waals surface area contributed by atoms with E-state index in [0.29, 0.717) is 17.9 Å². The summed E-state index contributed by atoms with van der Waals surface area (Å²) < 4.78 is 5.85. The van der Waals surface area contributed by atoms with Crippen molar-refractivity contribution in [3.63, 3.8) is 0 Å². The van der Waals surface area contributed by atoms with Crippen LogP contribution in [0.25, 0.3) is 11.1 Å². The Hall–Kier alpha value is -2.87. The van der Waals surface area contributed by atoms with Crippen LogP contribution in [0.3, 0.4) is 0 Å². The Morgan fingerprint density at radius 3 is 2.13 bits per heavy atom. The Morgan fingerprint density at radius 1 is 0.826 bits per heavy atom. The molecule has 0 aliphatic heterocycles. The maximum atomic E-state index is 12.0. The third-order valence-corrected chi connectivity index (χ3v) is 3.70. The van der Waals surface area contributed by atoms with Gasteiger partial charge in [-0.05, 0) is 35.7 Å². The molecule has 0 bridgehead atoms. The van der Waals surface area contributed by atoms with Gasteiger partial charge in [0.2, 0.25) is 0 Å². The standard InChI is InChI=1S/C21H18O2/c1-16(22)20-14-19(18-10-6-3-7-11-18)12-13-21(20)23-15-17-8-4-2-5-9-17/h2-14H,15H2,1H3. The van der Waals surface area contributed by atoms with E-state index in [9.17, 15) is 4.79 Å². The molecule has 0 aliphatic carbocycles. The molecule has 0 spiro atoms. The normalized spacial score (nSPS) is 10.3. The number of carbonyl (C=O) groups excluding carboxylic acids is 1. The quantitative estimate of drug-likeness (QED) is 0.610. The first-order valence-corrected chi connectivity index (χ1v) is 7.61. The average molecular weight is 302 g/mol. The van der Waals surface area contributed by atoms with E-state index >= 15 is 0 Å². The number of hydrogen-bond acceptors (Lipinski definition) is 2. The lowest BCUT2D eigenvalue weighted by atomic mass is 10.0. The fourth-order valence-corrected chi connectivity index (χ4v) is 2.48. The Kier molecular flexibility index (Phi) is 4.53. The molecule has 23 heavy (non-hydrogen) atoms. The van der Waals surface area contributed by atoms with Crippen LogP contribution in [0.15, 0.2) is 78.9 Å². The van der Waals surface area contributed by atoms with Crippen LogP contribution in [0.4, 0.5) is 0 Å². The van der Waals surface area contributed by atoms with Crippen molar-refractivity contribution in [3.05, 3.63) is 90.0 Å². The van der Waals surface area contributed by atoms with Gasteiger partial charge in [-0.25, -0.2) is 0 Å². The van der Waals surface area contributed by atoms with Gasteiger partial charge in [-0.2, -0.15) is 0 Å². The lowest BCUT2D eigenvalue weighted by Gasteiger charge is -2.12. The first kappa shape index (κ1) is 15.0. The van der Waals surface area contributed by atoms with Crippen molar-refractivity contribution in [3.8, 4) is 16.9 Å². The number of ether oxygens (including phenoxy) is 1. The van der Waals surface area contributed by atoms with Gasteiger partial charge in [-0.1, -0.05) is 66.7 Å². The number of carbonyl (C=O) groups is 1. The van der Waals surface area contributed by atoms with Crippen molar-refractivity contribution in [1.82, 2.24) is 0 Å². The summed E-state index contributed by atoms with van der Waals surface area (Å²) in [5, 5.41) is 0. The van der Waals surface area contributed by atoms with Gasteiger partial charge in [0.15, 0.2) is 5.78 Å². The lowest BCUT2D eigenvalue weighted by Crippen LogP contribution is -2.02. The van der Waals surface area contributed by atoms with Crippen LogP contribution >= 0.6 is 0 Å². The van der Waals surface area contributed by atoms with Crippen molar-refractivity contribution in [2.75, 3.05) is 0 Å². The highest BCUT2D eigenvalue weighted by Crippen LogP contribution is 2.27. The molecule has 0 amide bonds. The van der Waals surface area contributed by atoms with E-state index in [4.69, 9.17) is 4.74 Å². The summed E-state index contributed by atoms with van der Waals surface area (Å²) in [5.74, 6) is 0.631. The highest BCUT2D eigenvalue weighted by Gasteiger charge is 2.11. The van der Waals surface area contributed by atoms with E-state index in [-0.39, 0.29) is 5.78 Å². The fraction of sp³-hybridized carbons (Fsp3) is 0.0952. The Balaban J connectivity index is 1.87. The Labute approximate surface area is 136 Å². The fourth-order valence-electron chi connectivity index (χ4n) is 2.48.